The number of piperidine rings is 1. The molecular formula is C15H25N5O. The molecule has 1 aliphatic rings. The maximum Gasteiger partial charge on any atom is 0.317 e. The van der Waals surface area contributed by atoms with Gasteiger partial charge in [0.05, 0.1) is 12.7 Å². The van der Waals surface area contributed by atoms with E-state index in [9.17, 15) is 4.79 Å². The third-order valence-electron chi connectivity index (χ3n) is 3.83. The Bertz CT molecular complexity index is 476. The van der Waals surface area contributed by atoms with Crippen LogP contribution in [-0.2, 0) is 13.6 Å². The molecule has 6 heteroatoms. The standard InChI is InChI=1S/C15H25N5O/c1-4-7-20-8-5-14(6-9-20)17-15(21)18(2)11-13-10-16-19(3)12-13/h4,10,12,14H,1,5-9,11H2,2-3H3,(H,17,21). The highest BCUT2D eigenvalue weighted by atomic mass is 16.2. The molecular weight excluding hydrogens is 266 g/mol. The molecule has 1 fully saturated rings. The van der Waals surface area contributed by atoms with E-state index in [4.69, 9.17) is 0 Å². The Kier molecular flexibility index (Phi) is 5.38. The van der Waals surface area contributed by atoms with E-state index in [1.54, 1.807) is 15.8 Å². The Labute approximate surface area is 126 Å². The second-order valence-electron chi connectivity index (χ2n) is 5.69. The van der Waals surface area contributed by atoms with Crippen molar-refractivity contribution in [3.05, 3.63) is 30.6 Å². The highest BCUT2D eigenvalue weighted by Crippen LogP contribution is 2.11. The Morgan fingerprint density at radius 3 is 2.86 bits per heavy atom. The number of amides is 2. The maximum atomic E-state index is 12.2. The van der Waals surface area contributed by atoms with Crippen LogP contribution in [0.5, 0.6) is 0 Å². The van der Waals surface area contributed by atoms with Crippen LogP contribution in [0.2, 0.25) is 0 Å². The minimum absolute atomic E-state index is 0.0129. The highest BCUT2D eigenvalue weighted by molar-refractivity contribution is 5.74. The van der Waals surface area contributed by atoms with Crippen LogP contribution in [0.4, 0.5) is 4.79 Å². The van der Waals surface area contributed by atoms with Crippen molar-refractivity contribution >= 4 is 6.03 Å². The number of carbonyl (C=O) groups excluding carboxylic acids is 1. The lowest BCUT2D eigenvalue weighted by molar-refractivity contribution is 0.183. The Balaban J connectivity index is 1.75. The molecule has 21 heavy (non-hydrogen) atoms. The minimum Gasteiger partial charge on any atom is -0.335 e. The summed E-state index contributed by atoms with van der Waals surface area (Å²) in [5.41, 5.74) is 1.04. The third kappa shape index (κ3) is 4.60. The van der Waals surface area contributed by atoms with E-state index in [1.807, 2.05) is 26.4 Å². The van der Waals surface area contributed by atoms with Crippen molar-refractivity contribution in [2.24, 2.45) is 7.05 Å². The fourth-order valence-electron chi connectivity index (χ4n) is 2.63. The normalized spacial score (nSPS) is 16.7. The van der Waals surface area contributed by atoms with Gasteiger partial charge in [-0.1, -0.05) is 6.08 Å². The van der Waals surface area contributed by atoms with E-state index in [2.05, 4.69) is 21.9 Å². The Morgan fingerprint density at radius 1 is 1.57 bits per heavy atom. The van der Waals surface area contributed by atoms with Crippen molar-refractivity contribution in [3.63, 3.8) is 0 Å². The molecule has 1 aliphatic heterocycles. The molecule has 1 aromatic heterocycles. The fourth-order valence-corrected chi connectivity index (χ4v) is 2.63. The van der Waals surface area contributed by atoms with Gasteiger partial charge in [-0.05, 0) is 12.8 Å². The molecule has 0 unspecified atom stereocenters. The van der Waals surface area contributed by atoms with Gasteiger partial charge in [-0.15, -0.1) is 6.58 Å². The molecule has 2 heterocycles. The van der Waals surface area contributed by atoms with Gasteiger partial charge in [0, 0.05) is 51.5 Å². The average molecular weight is 291 g/mol. The predicted octanol–water partition coefficient (Wildman–Crippen LogP) is 1.21. The number of urea groups is 1. The van der Waals surface area contributed by atoms with Crippen LogP contribution < -0.4 is 5.32 Å². The first-order valence-electron chi connectivity index (χ1n) is 7.41. The molecule has 0 aliphatic carbocycles. The first kappa shape index (κ1) is 15.6. The summed E-state index contributed by atoms with van der Waals surface area (Å²) in [5, 5.41) is 7.23. The molecule has 0 aromatic carbocycles. The van der Waals surface area contributed by atoms with E-state index in [1.165, 1.54) is 0 Å². The number of aromatic nitrogens is 2. The number of carbonyl (C=O) groups is 1. The first-order chi connectivity index (χ1) is 10.1. The third-order valence-corrected chi connectivity index (χ3v) is 3.83. The number of nitrogens with one attached hydrogen (secondary N) is 1. The van der Waals surface area contributed by atoms with Gasteiger partial charge < -0.3 is 10.2 Å². The van der Waals surface area contributed by atoms with Crippen molar-refractivity contribution in [2.45, 2.75) is 25.4 Å². The zero-order valence-corrected chi connectivity index (χ0v) is 13.0. The maximum absolute atomic E-state index is 12.2. The van der Waals surface area contributed by atoms with Crippen LogP contribution in [-0.4, -0.2) is 58.3 Å². The molecule has 1 saturated heterocycles. The van der Waals surface area contributed by atoms with E-state index >= 15 is 0 Å². The van der Waals surface area contributed by atoms with Crippen LogP contribution in [0.15, 0.2) is 25.0 Å². The zero-order chi connectivity index (χ0) is 15.2. The van der Waals surface area contributed by atoms with Gasteiger partial charge in [0.1, 0.15) is 0 Å². The lowest BCUT2D eigenvalue weighted by Gasteiger charge is -2.32. The van der Waals surface area contributed by atoms with Crippen molar-refractivity contribution < 1.29 is 4.79 Å². The molecule has 1 aromatic rings. The number of hydrogen-bond donors (Lipinski definition) is 1. The smallest absolute Gasteiger partial charge is 0.317 e. The topological polar surface area (TPSA) is 53.4 Å². The van der Waals surface area contributed by atoms with Crippen LogP contribution in [0, 0.1) is 0 Å². The van der Waals surface area contributed by atoms with Gasteiger partial charge in [0.2, 0.25) is 0 Å². The Morgan fingerprint density at radius 2 is 2.29 bits per heavy atom. The molecule has 0 radical (unpaired) electrons. The summed E-state index contributed by atoms with van der Waals surface area (Å²) in [6.07, 6.45) is 7.65. The lowest BCUT2D eigenvalue weighted by Crippen LogP contribution is -2.48. The summed E-state index contributed by atoms with van der Waals surface area (Å²) in [5.74, 6) is 0. The van der Waals surface area contributed by atoms with Gasteiger partial charge in [-0.3, -0.25) is 9.58 Å². The number of aryl methyl sites for hydroxylation is 1. The highest BCUT2D eigenvalue weighted by Gasteiger charge is 2.21. The summed E-state index contributed by atoms with van der Waals surface area (Å²) in [6, 6.07) is 0.260. The quantitative estimate of drug-likeness (QED) is 0.830. The molecule has 2 amide bonds. The van der Waals surface area contributed by atoms with E-state index in [0.29, 0.717) is 6.54 Å². The molecule has 0 atom stereocenters. The number of hydrogen-bond acceptors (Lipinski definition) is 3. The van der Waals surface area contributed by atoms with E-state index in [-0.39, 0.29) is 12.1 Å². The summed E-state index contributed by atoms with van der Waals surface area (Å²) < 4.78 is 1.75. The van der Waals surface area contributed by atoms with Gasteiger partial charge in [-0.2, -0.15) is 5.10 Å². The molecule has 6 nitrogen and oxygen atoms in total. The predicted molar refractivity (Wildman–Crippen MR) is 82.9 cm³/mol. The SMILES string of the molecule is C=CCN1CCC(NC(=O)N(C)Cc2cnn(C)c2)CC1. The van der Waals surface area contributed by atoms with Crippen molar-refractivity contribution in [1.82, 2.24) is 24.9 Å². The van der Waals surface area contributed by atoms with Gasteiger partial charge in [0.15, 0.2) is 0 Å². The fraction of sp³-hybridized carbons (Fsp3) is 0.600. The van der Waals surface area contributed by atoms with Crippen LogP contribution in [0.1, 0.15) is 18.4 Å². The summed E-state index contributed by atoms with van der Waals surface area (Å²) >= 11 is 0. The number of likely N-dealkylation sites (tertiary alicyclic amines) is 1. The van der Waals surface area contributed by atoms with E-state index in [0.717, 1.165) is 38.0 Å². The number of rotatable bonds is 5. The van der Waals surface area contributed by atoms with Crippen LogP contribution >= 0.6 is 0 Å². The molecule has 1 N–H and O–H groups in total. The zero-order valence-electron chi connectivity index (χ0n) is 13.0. The van der Waals surface area contributed by atoms with Crippen molar-refractivity contribution in [1.29, 1.82) is 0 Å². The Hall–Kier alpha value is -1.82. The lowest BCUT2D eigenvalue weighted by atomic mass is 10.1. The van der Waals surface area contributed by atoms with Gasteiger partial charge >= 0.3 is 6.03 Å². The van der Waals surface area contributed by atoms with Crippen molar-refractivity contribution in [2.75, 3.05) is 26.7 Å². The molecule has 0 bridgehead atoms. The van der Waals surface area contributed by atoms with Crippen LogP contribution in [0.25, 0.3) is 0 Å². The largest absolute Gasteiger partial charge is 0.335 e. The molecule has 0 saturated carbocycles. The summed E-state index contributed by atoms with van der Waals surface area (Å²) in [6.45, 7) is 7.31. The molecule has 116 valence electrons. The minimum atomic E-state index is -0.0129. The van der Waals surface area contributed by atoms with Gasteiger partial charge in [-0.25, -0.2) is 4.79 Å². The second kappa shape index (κ2) is 7.26. The van der Waals surface area contributed by atoms with Crippen LogP contribution in [0.3, 0.4) is 0 Å². The molecule has 2 rings (SSSR count). The van der Waals surface area contributed by atoms with Crippen molar-refractivity contribution in [3.8, 4) is 0 Å². The average Bonchev–Trinajstić information content (AvgIpc) is 2.86. The molecule has 0 spiro atoms. The first-order valence-corrected chi connectivity index (χ1v) is 7.41. The van der Waals surface area contributed by atoms with E-state index < -0.39 is 0 Å². The van der Waals surface area contributed by atoms with Gasteiger partial charge in [0.25, 0.3) is 0 Å². The summed E-state index contributed by atoms with van der Waals surface area (Å²) in [7, 11) is 3.69. The number of nitrogens with zero attached hydrogens (tertiary/aromatic N) is 4. The summed E-state index contributed by atoms with van der Waals surface area (Å²) in [4.78, 5) is 16.2. The second-order valence-corrected chi connectivity index (χ2v) is 5.69. The monoisotopic (exact) mass is 291 g/mol.